The van der Waals surface area contributed by atoms with Gasteiger partial charge in [0, 0.05) is 24.9 Å². The maximum Gasteiger partial charge on any atom is 0.252 e. The fraction of sp³-hybridized carbons (Fsp3) is 0.875. The molecule has 0 atom stereocenters. The molecule has 1 fully saturated rings. The molecule has 1 aliphatic rings. The number of nitrogens with one attached hydrogen (secondary N) is 1. The van der Waals surface area contributed by atoms with Crippen LogP contribution in [0.25, 0.3) is 0 Å². The van der Waals surface area contributed by atoms with Crippen molar-refractivity contribution >= 4 is 5.91 Å². The third-order valence-corrected chi connectivity index (χ3v) is 2.04. The van der Waals surface area contributed by atoms with E-state index in [2.05, 4.69) is 5.32 Å². The predicted octanol–water partition coefficient (Wildman–Crippen LogP) is -0.637. The smallest absolute Gasteiger partial charge is 0.252 e. The van der Waals surface area contributed by atoms with E-state index in [0.717, 1.165) is 0 Å². The van der Waals surface area contributed by atoms with E-state index in [-0.39, 0.29) is 18.0 Å². The van der Waals surface area contributed by atoms with Crippen LogP contribution in [0.5, 0.6) is 0 Å². The first-order valence-electron chi connectivity index (χ1n) is 4.23. The molecule has 0 heterocycles. The van der Waals surface area contributed by atoms with Crippen LogP contribution in [0.1, 0.15) is 26.7 Å². The number of amides is 1. The van der Waals surface area contributed by atoms with Crippen molar-refractivity contribution < 1.29 is 9.90 Å². The second kappa shape index (κ2) is 3.03. The summed E-state index contributed by atoms with van der Waals surface area (Å²) in [4.78, 5) is 11.3. The van der Waals surface area contributed by atoms with Crippen molar-refractivity contribution in [3.63, 3.8) is 0 Å². The van der Waals surface area contributed by atoms with Crippen molar-refractivity contribution in [2.75, 3.05) is 0 Å². The van der Waals surface area contributed by atoms with Gasteiger partial charge in [0.25, 0.3) is 5.91 Å². The molecule has 0 radical (unpaired) electrons. The van der Waals surface area contributed by atoms with E-state index in [4.69, 9.17) is 5.73 Å². The molecule has 0 aromatic rings. The number of carbonyl (C=O) groups is 1. The van der Waals surface area contributed by atoms with Crippen molar-refractivity contribution in [3.8, 4) is 0 Å². The van der Waals surface area contributed by atoms with Crippen LogP contribution < -0.4 is 11.1 Å². The van der Waals surface area contributed by atoms with E-state index in [1.165, 1.54) is 0 Å². The Labute approximate surface area is 72.1 Å². The molecule has 12 heavy (non-hydrogen) atoms. The molecular weight excluding hydrogens is 156 g/mol. The zero-order valence-corrected chi connectivity index (χ0v) is 7.50. The Morgan fingerprint density at radius 3 is 2.50 bits per heavy atom. The van der Waals surface area contributed by atoms with Gasteiger partial charge in [-0.3, -0.25) is 4.79 Å². The van der Waals surface area contributed by atoms with Crippen LogP contribution in [0.4, 0.5) is 0 Å². The summed E-state index contributed by atoms with van der Waals surface area (Å²) in [6, 6.07) is 0.0475. The van der Waals surface area contributed by atoms with Gasteiger partial charge < -0.3 is 16.2 Å². The monoisotopic (exact) mass is 172 g/mol. The Morgan fingerprint density at radius 1 is 1.67 bits per heavy atom. The molecule has 0 aliphatic heterocycles. The van der Waals surface area contributed by atoms with Gasteiger partial charge in [0.2, 0.25) is 0 Å². The lowest BCUT2D eigenvalue weighted by molar-refractivity contribution is -0.150. The molecule has 4 N–H and O–H groups in total. The molecule has 0 aromatic heterocycles. The SMILES string of the molecule is CC(C)NC(=O)C1(O)CC(N)C1. The van der Waals surface area contributed by atoms with Gasteiger partial charge in [-0.25, -0.2) is 0 Å². The summed E-state index contributed by atoms with van der Waals surface area (Å²) in [5.41, 5.74) is 4.29. The molecule has 0 saturated heterocycles. The van der Waals surface area contributed by atoms with Gasteiger partial charge >= 0.3 is 0 Å². The molecule has 70 valence electrons. The average molecular weight is 172 g/mol. The molecule has 1 rings (SSSR count). The minimum absolute atomic E-state index is 0.0205. The quantitative estimate of drug-likeness (QED) is 0.519. The molecule has 4 nitrogen and oxygen atoms in total. The van der Waals surface area contributed by atoms with Gasteiger partial charge in [0.05, 0.1) is 0 Å². The summed E-state index contributed by atoms with van der Waals surface area (Å²) in [6.45, 7) is 3.72. The van der Waals surface area contributed by atoms with E-state index in [1.807, 2.05) is 13.8 Å². The van der Waals surface area contributed by atoms with Gasteiger partial charge in [-0.05, 0) is 13.8 Å². The minimum Gasteiger partial charge on any atom is -0.380 e. The minimum atomic E-state index is -1.19. The number of rotatable bonds is 2. The topological polar surface area (TPSA) is 75.3 Å². The second-order valence-corrected chi connectivity index (χ2v) is 3.83. The average Bonchev–Trinajstić information content (AvgIpc) is 1.82. The maximum atomic E-state index is 11.3. The summed E-state index contributed by atoms with van der Waals surface area (Å²) in [6.07, 6.45) is 0.761. The van der Waals surface area contributed by atoms with E-state index in [1.54, 1.807) is 0 Å². The highest BCUT2D eigenvalue weighted by Gasteiger charge is 2.47. The lowest BCUT2D eigenvalue weighted by atomic mass is 9.75. The molecule has 1 amide bonds. The molecule has 0 spiro atoms. The van der Waals surface area contributed by atoms with Crippen molar-refractivity contribution in [1.29, 1.82) is 0 Å². The summed E-state index contributed by atoms with van der Waals surface area (Å²) in [5.74, 6) is -0.292. The highest BCUT2D eigenvalue weighted by Crippen LogP contribution is 2.30. The molecule has 4 heteroatoms. The fourth-order valence-corrected chi connectivity index (χ4v) is 1.39. The van der Waals surface area contributed by atoms with Gasteiger partial charge in [-0.2, -0.15) is 0 Å². The van der Waals surface area contributed by atoms with Crippen LogP contribution in [0, 0.1) is 0 Å². The number of hydrogen-bond donors (Lipinski definition) is 3. The first-order chi connectivity index (χ1) is 5.44. The second-order valence-electron chi connectivity index (χ2n) is 3.83. The van der Waals surface area contributed by atoms with Crippen molar-refractivity contribution in [2.24, 2.45) is 5.73 Å². The Morgan fingerprint density at radius 2 is 2.17 bits per heavy atom. The normalized spacial score (nSPS) is 34.6. The van der Waals surface area contributed by atoms with E-state index in [0.29, 0.717) is 12.8 Å². The molecule has 1 aliphatic carbocycles. The molecule has 0 bridgehead atoms. The van der Waals surface area contributed by atoms with E-state index >= 15 is 0 Å². The Balaban J connectivity index is 2.42. The first kappa shape index (κ1) is 9.48. The van der Waals surface area contributed by atoms with E-state index in [9.17, 15) is 9.90 Å². The fourth-order valence-electron chi connectivity index (χ4n) is 1.39. The maximum absolute atomic E-state index is 11.3. The Kier molecular flexibility index (Phi) is 2.39. The highest BCUT2D eigenvalue weighted by atomic mass is 16.3. The predicted molar refractivity (Wildman–Crippen MR) is 45.4 cm³/mol. The highest BCUT2D eigenvalue weighted by molar-refractivity contribution is 5.86. The number of aliphatic hydroxyl groups is 1. The van der Waals surface area contributed by atoms with Crippen molar-refractivity contribution in [3.05, 3.63) is 0 Å². The van der Waals surface area contributed by atoms with Gasteiger partial charge in [0.1, 0.15) is 5.60 Å². The van der Waals surface area contributed by atoms with Gasteiger partial charge in [-0.15, -0.1) is 0 Å². The van der Waals surface area contributed by atoms with Crippen molar-refractivity contribution in [1.82, 2.24) is 5.32 Å². The lowest BCUT2D eigenvalue weighted by Crippen LogP contribution is -2.61. The van der Waals surface area contributed by atoms with Crippen LogP contribution in [0.2, 0.25) is 0 Å². The zero-order chi connectivity index (χ0) is 9.35. The molecular formula is C8H16N2O2. The standard InChI is InChI=1S/C8H16N2O2/c1-5(2)10-7(11)8(12)3-6(9)4-8/h5-6,12H,3-4,9H2,1-2H3,(H,10,11). The number of hydrogen-bond acceptors (Lipinski definition) is 3. The van der Waals surface area contributed by atoms with Crippen LogP contribution in [-0.2, 0) is 4.79 Å². The van der Waals surface area contributed by atoms with Crippen LogP contribution in [0.15, 0.2) is 0 Å². The van der Waals surface area contributed by atoms with Gasteiger partial charge in [0.15, 0.2) is 0 Å². The number of carbonyl (C=O) groups excluding carboxylic acids is 1. The third kappa shape index (κ3) is 1.76. The summed E-state index contributed by atoms with van der Waals surface area (Å²) < 4.78 is 0. The van der Waals surface area contributed by atoms with Crippen molar-refractivity contribution in [2.45, 2.75) is 44.4 Å². The third-order valence-electron chi connectivity index (χ3n) is 2.04. The van der Waals surface area contributed by atoms with E-state index < -0.39 is 5.60 Å². The van der Waals surface area contributed by atoms with Gasteiger partial charge in [-0.1, -0.05) is 0 Å². The number of nitrogens with two attached hydrogens (primary N) is 1. The first-order valence-corrected chi connectivity index (χ1v) is 4.23. The summed E-state index contributed by atoms with van der Waals surface area (Å²) >= 11 is 0. The van der Waals surface area contributed by atoms with Crippen LogP contribution in [-0.4, -0.2) is 28.7 Å². The Bertz CT molecular complexity index is 185. The van der Waals surface area contributed by atoms with Crippen LogP contribution >= 0.6 is 0 Å². The lowest BCUT2D eigenvalue weighted by Gasteiger charge is -2.40. The zero-order valence-electron chi connectivity index (χ0n) is 7.50. The summed E-state index contributed by atoms with van der Waals surface area (Å²) in [5, 5.41) is 12.3. The molecule has 0 unspecified atom stereocenters. The molecule has 0 aromatic carbocycles. The largest absolute Gasteiger partial charge is 0.380 e. The van der Waals surface area contributed by atoms with Crippen LogP contribution in [0.3, 0.4) is 0 Å². The molecule has 1 saturated carbocycles. The Hall–Kier alpha value is -0.610. The summed E-state index contributed by atoms with van der Waals surface area (Å²) in [7, 11) is 0.